The van der Waals surface area contributed by atoms with Crippen molar-refractivity contribution in [2.45, 2.75) is 45.4 Å². The third-order valence-corrected chi connectivity index (χ3v) is 3.74. The standard InChI is InChI=1S/C13H19N3O4/c1-9-15-11(20-16-9)4-7-14-10(17)8-13(12(18)19)5-2-3-6-13/h2-8H2,1H3,(H,14,17)(H,18,19). The maximum Gasteiger partial charge on any atom is 0.310 e. The minimum absolute atomic E-state index is 0.0468. The molecule has 1 heterocycles. The third kappa shape index (κ3) is 3.34. The SMILES string of the molecule is Cc1noc(CCNC(=O)CC2(C(=O)O)CCCC2)n1. The number of aromatic nitrogens is 2. The predicted octanol–water partition coefficient (Wildman–Crippen LogP) is 1.07. The highest BCUT2D eigenvalue weighted by Crippen LogP contribution is 2.41. The highest BCUT2D eigenvalue weighted by molar-refractivity contribution is 5.85. The van der Waals surface area contributed by atoms with Gasteiger partial charge in [0.2, 0.25) is 11.8 Å². The molecule has 2 rings (SSSR count). The fraction of sp³-hybridized carbons (Fsp3) is 0.692. The normalized spacial score (nSPS) is 17.1. The summed E-state index contributed by atoms with van der Waals surface area (Å²) in [7, 11) is 0. The summed E-state index contributed by atoms with van der Waals surface area (Å²) in [6, 6.07) is 0. The van der Waals surface area contributed by atoms with Gasteiger partial charge >= 0.3 is 5.97 Å². The number of carboxylic acids is 1. The molecule has 0 aromatic carbocycles. The molecule has 0 aliphatic heterocycles. The average Bonchev–Trinajstić information content (AvgIpc) is 2.99. The first-order chi connectivity index (χ1) is 9.52. The van der Waals surface area contributed by atoms with Crippen molar-refractivity contribution in [3.8, 4) is 0 Å². The van der Waals surface area contributed by atoms with Gasteiger partial charge in [-0.15, -0.1) is 0 Å². The van der Waals surface area contributed by atoms with Crippen LogP contribution in [0.1, 0.15) is 43.8 Å². The van der Waals surface area contributed by atoms with Crippen LogP contribution in [0.2, 0.25) is 0 Å². The number of nitrogens with one attached hydrogen (secondary N) is 1. The second-order valence-corrected chi connectivity index (χ2v) is 5.30. The fourth-order valence-electron chi connectivity index (χ4n) is 2.64. The smallest absolute Gasteiger partial charge is 0.310 e. The molecule has 0 radical (unpaired) electrons. The second kappa shape index (κ2) is 6.02. The number of hydrogen-bond donors (Lipinski definition) is 2. The Balaban J connectivity index is 1.78. The van der Waals surface area contributed by atoms with Crippen LogP contribution in [0, 0.1) is 12.3 Å². The topological polar surface area (TPSA) is 105 Å². The van der Waals surface area contributed by atoms with E-state index in [1.807, 2.05) is 0 Å². The molecule has 0 saturated heterocycles. The molecule has 7 heteroatoms. The van der Waals surface area contributed by atoms with Crippen LogP contribution >= 0.6 is 0 Å². The first kappa shape index (κ1) is 14.5. The Labute approximate surface area is 116 Å². The van der Waals surface area contributed by atoms with E-state index in [1.54, 1.807) is 6.92 Å². The number of carbonyl (C=O) groups excluding carboxylic acids is 1. The second-order valence-electron chi connectivity index (χ2n) is 5.30. The number of carboxylic acid groups (broad SMARTS) is 1. The summed E-state index contributed by atoms with van der Waals surface area (Å²) < 4.78 is 4.93. The van der Waals surface area contributed by atoms with Gasteiger partial charge in [-0.25, -0.2) is 0 Å². The van der Waals surface area contributed by atoms with Crippen LogP contribution in [0.15, 0.2) is 4.52 Å². The van der Waals surface area contributed by atoms with Crippen LogP contribution in [0.3, 0.4) is 0 Å². The monoisotopic (exact) mass is 281 g/mol. The van der Waals surface area contributed by atoms with E-state index in [0.717, 1.165) is 12.8 Å². The third-order valence-electron chi connectivity index (χ3n) is 3.74. The van der Waals surface area contributed by atoms with Crippen molar-refractivity contribution in [1.29, 1.82) is 0 Å². The Kier molecular flexibility index (Phi) is 4.36. The minimum atomic E-state index is -0.870. The molecule has 1 fully saturated rings. The van der Waals surface area contributed by atoms with Gasteiger partial charge in [-0.1, -0.05) is 18.0 Å². The maximum absolute atomic E-state index is 11.9. The summed E-state index contributed by atoms with van der Waals surface area (Å²) in [6.07, 6.45) is 3.41. The van der Waals surface area contributed by atoms with E-state index in [4.69, 9.17) is 4.52 Å². The molecule has 1 aromatic rings. The lowest BCUT2D eigenvalue weighted by Gasteiger charge is -2.22. The van der Waals surface area contributed by atoms with Crippen molar-refractivity contribution >= 4 is 11.9 Å². The fourth-order valence-corrected chi connectivity index (χ4v) is 2.64. The van der Waals surface area contributed by atoms with E-state index in [-0.39, 0.29) is 12.3 Å². The van der Waals surface area contributed by atoms with Crippen molar-refractivity contribution in [1.82, 2.24) is 15.5 Å². The number of aryl methyl sites for hydroxylation is 1. The van der Waals surface area contributed by atoms with Crippen molar-refractivity contribution in [2.75, 3.05) is 6.54 Å². The molecule has 0 spiro atoms. The molecule has 0 unspecified atom stereocenters. The molecule has 2 N–H and O–H groups in total. The molecule has 0 bridgehead atoms. The Bertz CT molecular complexity index is 492. The van der Waals surface area contributed by atoms with Crippen molar-refractivity contribution in [3.05, 3.63) is 11.7 Å². The van der Waals surface area contributed by atoms with Crippen LogP contribution in [0.5, 0.6) is 0 Å². The van der Waals surface area contributed by atoms with Gasteiger partial charge in [0.15, 0.2) is 5.82 Å². The van der Waals surface area contributed by atoms with Gasteiger partial charge in [-0.2, -0.15) is 4.98 Å². The first-order valence-corrected chi connectivity index (χ1v) is 6.81. The van der Waals surface area contributed by atoms with Gasteiger partial charge in [0.25, 0.3) is 0 Å². The number of rotatable bonds is 6. The van der Waals surface area contributed by atoms with E-state index < -0.39 is 11.4 Å². The Hall–Kier alpha value is -1.92. The summed E-state index contributed by atoms with van der Waals surface area (Å²) in [6.45, 7) is 2.10. The van der Waals surface area contributed by atoms with Gasteiger partial charge in [-0.3, -0.25) is 9.59 Å². The number of hydrogen-bond acceptors (Lipinski definition) is 5. The zero-order valence-electron chi connectivity index (χ0n) is 11.5. The summed E-state index contributed by atoms with van der Waals surface area (Å²) in [5.41, 5.74) is -0.870. The molecule has 1 saturated carbocycles. The molecule has 1 aliphatic rings. The lowest BCUT2D eigenvalue weighted by atomic mass is 9.82. The van der Waals surface area contributed by atoms with Crippen molar-refractivity contribution in [2.24, 2.45) is 5.41 Å². The first-order valence-electron chi connectivity index (χ1n) is 6.81. The van der Waals surface area contributed by atoms with Crippen LogP contribution in [-0.2, 0) is 16.0 Å². The quantitative estimate of drug-likeness (QED) is 0.808. The number of aliphatic carboxylic acids is 1. The summed E-state index contributed by atoms with van der Waals surface area (Å²) in [4.78, 5) is 27.2. The van der Waals surface area contributed by atoms with Gasteiger partial charge in [0.05, 0.1) is 5.41 Å². The summed E-state index contributed by atoms with van der Waals surface area (Å²) in [5, 5.41) is 15.7. The highest BCUT2D eigenvalue weighted by atomic mass is 16.5. The zero-order chi connectivity index (χ0) is 14.6. The Morgan fingerprint density at radius 1 is 1.40 bits per heavy atom. The van der Waals surface area contributed by atoms with Crippen LogP contribution in [0.25, 0.3) is 0 Å². The molecule has 7 nitrogen and oxygen atoms in total. The van der Waals surface area contributed by atoms with E-state index in [2.05, 4.69) is 15.5 Å². The van der Waals surface area contributed by atoms with E-state index in [1.165, 1.54) is 0 Å². The van der Waals surface area contributed by atoms with Crippen LogP contribution in [0.4, 0.5) is 0 Å². The van der Waals surface area contributed by atoms with Gasteiger partial charge < -0.3 is 14.9 Å². The predicted molar refractivity (Wildman–Crippen MR) is 68.9 cm³/mol. The highest BCUT2D eigenvalue weighted by Gasteiger charge is 2.42. The van der Waals surface area contributed by atoms with Gasteiger partial charge in [0, 0.05) is 19.4 Å². The van der Waals surface area contributed by atoms with E-state index >= 15 is 0 Å². The van der Waals surface area contributed by atoms with E-state index in [9.17, 15) is 14.7 Å². The lowest BCUT2D eigenvalue weighted by Crippen LogP contribution is -2.36. The molecule has 1 aromatic heterocycles. The van der Waals surface area contributed by atoms with Crippen molar-refractivity contribution in [3.63, 3.8) is 0 Å². The van der Waals surface area contributed by atoms with Gasteiger partial charge in [0.1, 0.15) is 0 Å². The van der Waals surface area contributed by atoms with E-state index in [0.29, 0.717) is 37.5 Å². The zero-order valence-corrected chi connectivity index (χ0v) is 11.5. The Morgan fingerprint density at radius 3 is 2.65 bits per heavy atom. The minimum Gasteiger partial charge on any atom is -0.481 e. The molecular weight excluding hydrogens is 262 g/mol. The molecule has 0 atom stereocenters. The molecule has 1 aliphatic carbocycles. The van der Waals surface area contributed by atoms with Crippen LogP contribution in [-0.4, -0.2) is 33.7 Å². The number of nitrogens with zero attached hydrogens (tertiary/aromatic N) is 2. The number of carbonyl (C=O) groups is 2. The molecular formula is C13H19N3O4. The van der Waals surface area contributed by atoms with Crippen LogP contribution < -0.4 is 5.32 Å². The largest absolute Gasteiger partial charge is 0.481 e. The average molecular weight is 281 g/mol. The Morgan fingerprint density at radius 2 is 2.10 bits per heavy atom. The molecule has 1 amide bonds. The number of amides is 1. The van der Waals surface area contributed by atoms with Crippen molar-refractivity contribution < 1.29 is 19.2 Å². The lowest BCUT2D eigenvalue weighted by molar-refractivity contribution is -0.151. The summed E-state index contributed by atoms with van der Waals surface area (Å²) >= 11 is 0. The molecule has 20 heavy (non-hydrogen) atoms. The maximum atomic E-state index is 11.9. The summed E-state index contributed by atoms with van der Waals surface area (Å²) in [5.74, 6) is -0.0676. The molecule has 110 valence electrons. The van der Waals surface area contributed by atoms with Gasteiger partial charge in [-0.05, 0) is 19.8 Å².